The fourth-order valence-corrected chi connectivity index (χ4v) is 5.52. The minimum absolute atomic E-state index is 0.0164. The maximum absolute atomic E-state index is 10.3. The van der Waals surface area contributed by atoms with Gasteiger partial charge in [-0.05, 0) is 32.8 Å². The van der Waals surface area contributed by atoms with Crippen LogP contribution in [0.25, 0.3) is 11.1 Å². The summed E-state index contributed by atoms with van der Waals surface area (Å²) in [6, 6.07) is 10.6. The van der Waals surface area contributed by atoms with Gasteiger partial charge in [0.1, 0.15) is 23.0 Å². The summed E-state index contributed by atoms with van der Waals surface area (Å²) in [5, 5.41) is 10.3. The Balaban J connectivity index is 1.42. The maximum Gasteiger partial charge on any atom is 0.150 e. The summed E-state index contributed by atoms with van der Waals surface area (Å²) in [5.41, 5.74) is 9.52. The number of nitrogens with zero attached hydrogens (tertiary/aromatic N) is 5. The lowest BCUT2D eigenvalue weighted by molar-refractivity contribution is -0.0335. The molecule has 3 aliphatic rings. The molecule has 2 unspecified atom stereocenters. The molecule has 0 spiro atoms. The number of likely N-dealkylation sites (N-methyl/N-ethyl adjacent to an activating group) is 1. The van der Waals surface area contributed by atoms with Gasteiger partial charge in [-0.2, -0.15) is 0 Å². The molecule has 0 amide bonds. The highest BCUT2D eigenvalue weighted by molar-refractivity contribution is 6.01. The SMILES string of the molecule is CCN1C(c2ccccc2)=NC2C=C(c3nc(C4CC(C)(O)C4)n4ccnc(N)c34)C=CC21. The number of fused-ring (bicyclic) bond motifs is 2. The third-order valence-corrected chi connectivity index (χ3v) is 7.07. The first kappa shape index (κ1) is 20.2. The van der Waals surface area contributed by atoms with Gasteiger partial charge in [-0.25, -0.2) is 9.97 Å². The van der Waals surface area contributed by atoms with Gasteiger partial charge in [-0.1, -0.05) is 42.5 Å². The fourth-order valence-electron chi connectivity index (χ4n) is 5.52. The molecule has 0 radical (unpaired) electrons. The van der Waals surface area contributed by atoms with Crippen molar-refractivity contribution in [2.75, 3.05) is 12.3 Å². The minimum Gasteiger partial charge on any atom is -0.390 e. The van der Waals surface area contributed by atoms with Crippen LogP contribution >= 0.6 is 0 Å². The lowest BCUT2D eigenvalue weighted by Crippen LogP contribution is -2.40. The van der Waals surface area contributed by atoms with Crippen molar-refractivity contribution in [1.82, 2.24) is 19.3 Å². The van der Waals surface area contributed by atoms with Crippen molar-refractivity contribution in [3.8, 4) is 0 Å². The zero-order valence-corrected chi connectivity index (χ0v) is 18.9. The Kier molecular flexibility index (Phi) is 4.45. The number of rotatable bonds is 4. The van der Waals surface area contributed by atoms with E-state index in [0.29, 0.717) is 18.7 Å². The first-order valence-corrected chi connectivity index (χ1v) is 11.6. The number of nitrogens with two attached hydrogens (primary N) is 1. The van der Waals surface area contributed by atoms with E-state index >= 15 is 0 Å². The van der Waals surface area contributed by atoms with E-state index < -0.39 is 5.60 Å². The number of anilines is 1. The summed E-state index contributed by atoms with van der Waals surface area (Å²) in [7, 11) is 0. The zero-order valence-electron chi connectivity index (χ0n) is 18.9. The van der Waals surface area contributed by atoms with Gasteiger partial charge in [0.15, 0.2) is 0 Å². The summed E-state index contributed by atoms with van der Waals surface area (Å²) in [6.07, 6.45) is 11.6. The largest absolute Gasteiger partial charge is 0.390 e. The molecule has 3 heterocycles. The first-order chi connectivity index (χ1) is 15.9. The molecule has 33 heavy (non-hydrogen) atoms. The molecule has 2 atom stereocenters. The number of hydrogen-bond acceptors (Lipinski definition) is 6. The summed E-state index contributed by atoms with van der Waals surface area (Å²) < 4.78 is 2.05. The van der Waals surface area contributed by atoms with Gasteiger partial charge >= 0.3 is 0 Å². The summed E-state index contributed by atoms with van der Waals surface area (Å²) in [5.74, 6) is 2.63. The van der Waals surface area contributed by atoms with E-state index in [1.165, 1.54) is 0 Å². The number of amidine groups is 1. The molecule has 0 bridgehead atoms. The van der Waals surface area contributed by atoms with E-state index in [-0.39, 0.29) is 18.0 Å². The quantitative estimate of drug-likeness (QED) is 0.649. The van der Waals surface area contributed by atoms with Crippen LogP contribution in [0.4, 0.5) is 5.82 Å². The summed E-state index contributed by atoms with van der Waals surface area (Å²) in [6.45, 7) is 4.94. The van der Waals surface area contributed by atoms with Crippen LogP contribution in [0.5, 0.6) is 0 Å². The van der Waals surface area contributed by atoms with Crippen LogP contribution in [-0.4, -0.2) is 54.4 Å². The predicted molar refractivity (Wildman–Crippen MR) is 130 cm³/mol. The van der Waals surface area contributed by atoms with Gasteiger partial charge in [0.25, 0.3) is 0 Å². The number of benzene rings is 1. The van der Waals surface area contributed by atoms with E-state index in [1.807, 2.05) is 23.6 Å². The second kappa shape index (κ2) is 7.28. The van der Waals surface area contributed by atoms with Crippen LogP contribution in [0.2, 0.25) is 0 Å². The molecule has 7 nitrogen and oxygen atoms in total. The third-order valence-electron chi connectivity index (χ3n) is 7.07. The van der Waals surface area contributed by atoms with Crippen LogP contribution in [0.1, 0.15) is 49.7 Å². The van der Waals surface area contributed by atoms with Gasteiger partial charge in [0, 0.05) is 36.0 Å². The van der Waals surface area contributed by atoms with Gasteiger partial charge in [0.2, 0.25) is 0 Å². The second-order valence-corrected chi connectivity index (χ2v) is 9.52. The molecule has 1 fully saturated rings. The monoisotopic (exact) mass is 440 g/mol. The molecule has 3 aromatic rings. The molecule has 2 aliphatic carbocycles. The van der Waals surface area contributed by atoms with E-state index in [2.05, 4.69) is 59.3 Å². The number of hydrogen-bond donors (Lipinski definition) is 2. The highest BCUT2D eigenvalue weighted by Crippen LogP contribution is 2.45. The Morgan fingerprint density at radius 3 is 2.73 bits per heavy atom. The van der Waals surface area contributed by atoms with Crippen LogP contribution in [0, 0.1) is 0 Å². The third kappa shape index (κ3) is 3.18. The molecule has 6 rings (SSSR count). The molecule has 3 N–H and O–H groups in total. The van der Waals surface area contributed by atoms with Gasteiger partial charge in [0.05, 0.1) is 23.4 Å². The Morgan fingerprint density at radius 1 is 1.21 bits per heavy atom. The summed E-state index contributed by atoms with van der Waals surface area (Å²) in [4.78, 5) is 16.8. The molecule has 1 saturated carbocycles. The maximum atomic E-state index is 10.3. The van der Waals surface area contributed by atoms with E-state index in [4.69, 9.17) is 15.7 Å². The Bertz CT molecular complexity index is 1310. The number of nitrogen functional groups attached to an aromatic ring is 1. The topological polar surface area (TPSA) is 92.0 Å². The standard InChI is InChI=1S/C26H28N6O/c1-3-31-20-10-9-17(13-19(20)29-24(31)16-7-5-4-6-8-16)21-22-23(27)28-11-12-32(22)25(30-21)18-14-26(2,33)15-18/h4-13,18-20,33H,3,14-15H2,1-2H3,(H2,27,28). The lowest BCUT2D eigenvalue weighted by Gasteiger charge is -2.40. The molecule has 0 saturated heterocycles. The van der Waals surface area contributed by atoms with E-state index in [1.54, 1.807) is 6.20 Å². The van der Waals surface area contributed by atoms with E-state index in [9.17, 15) is 5.11 Å². The van der Waals surface area contributed by atoms with Crippen LogP contribution in [0.15, 0.2) is 65.9 Å². The first-order valence-electron chi connectivity index (χ1n) is 11.6. The number of aliphatic hydroxyl groups is 1. The van der Waals surface area contributed by atoms with Crippen LogP contribution in [-0.2, 0) is 0 Å². The Morgan fingerprint density at radius 2 is 2.00 bits per heavy atom. The number of aliphatic imine (C=N–C) groups is 1. The Hall–Kier alpha value is -3.45. The van der Waals surface area contributed by atoms with Crippen molar-refractivity contribution in [2.45, 2.75) is 50.3 Å². The van der Waals surface area contributed by atoms with Gasteiger partial charge in [-0.15, -0.1) is 0 Å². The summed E-state index contributed by atoms with van der Waals surface area (Å²) >= 11 is 0. The van der Waals surface area contributed by atoms with Crippen molar-refractivity contribution < 1.29 is 5.11 Å². The molecule has 1 aliphatic heterocycles. The molecule has 1 aromatic carbocycles. The van der Waals surface area contributed by atoms with E-state index in [0.717, 1.165) is 40.6 Å². The lowest BCUT2D eigenvalue weighted by atomic mass is 9.72. The average Bonchev–Trinajstić information content (AvgIpc) is 3.37. The van der Waals surface area contributed by atoms with Crippen molar-refractivity contribution >= 4 is 22.7 Å². The molecule has 7 heteroatoms. The Labute approximate surface area is 193 Å². The number of allylic oxidation sites excluding steroid dienone is 2. The van der Waals surface area contributed by atoms with Crippen molar-refractivity contribution in [1.29, 1.82) is 0 Å². The number of aromatic nitrogens is 3. The second-order valence-electron chi connectivity index (χ2n) is 9.52. The van der Waals surface area contributed by atoms with Gasteiger partial charge < -0.3 is 15.7 Å². The number of imidazole rings is 1. The normalized spacial score (nSPS) is 28.5. The zero-order chi connectivity index (χ0) is 22.7. The van der Waals surface area contributed by atoms with Crippen molar-refractivity contribution in [3.05, 3.63) is 78.0 Å². The molecular weight excluding hydrogens is 412 g/mol. The highest BCUT2D eigenvalue weighted by Gasteiger charge is 2.42. The van der Waals surface area contributed by atoms with Crippen molar-refractivity contribution in [3.63, 3.8) is 0 Å². The smallest absolute Gasteiger partial charge is 0.150 e. The average molecular weight is 441 g/mol. The predicted octanol–water partition coefficient (Wildman–Crippen LogP) is 3.41. The molecule has 168 valence electrons. The fraction of sp³-hybridized carbons (Fsp3) is 0.346. The molecular formula is C26H28N6O. The molecule has 2 aromatic heterocycles. The highest BCUT2D eigenvalue weighted by atomic mass is 16.3. The van der Waals surface area contributed by atoms with Crippen LogP contribution in [0.3, 0.4) is 0 Å². The van der Waals surface area contributed by atoms with Gasteiger partial charge in [-0.3, -0.25) is 9.39 Å². The van der Waals surface area contributed by atoms with Crippen LogP contribution < -0.4 is 5.73 Å². The van der Waals surface area contributed by atoms with Crippen molar-refractivity contribution in [2.24, 2.45) is 4.99 Å². The minimum atomic E-state index is -0.623.